The first-order valence-electron chi connectivity index (χ1n) is 6.27. The lowest BCUT2D eigenvalue weighted by Gasteiger charge is -2.32. The Hall–Kier alpha value is -1.31. The Morgan fingerprint density at radius 1 is 1.24 bits per heavy atom. The third kappa shape index (κ3) is 3.58. The highest BCUT2D eigenvalue weighted by Crippen LogP contribution is 2.29. The van der Waals surface area contributed by atoms with Gasteiger partial charge in [0.25, 0.3) is 0 Å². The minimum absolute atomic E-state index is 0.0270. The van der Waals surface area contributed by atoms with Crippen molar-refractivity contribution in [1.29, 1.82) is 0 Å². The van der Waals surface area contributed by atoms with Crippen molar-refractivity contribution in [2.45, 2.75) is 46.6 Å². The van der Waals surface area contributed by atoms with E-state index in [0.717, 1.165) is 12.8 Å². The Labute approximate surface area is 104 Å². The summed E-state index contributed by atoms with van der Waals surface area (Å²) >= 11 is 0. The summed E-state index contributed by atoms with van der Waals surface area (Å²) in [6.07, 6.45) is 1.81. The van der Waals surface area contributed by atoms with Crippen LogP contribution in [0.2, 0.25) is 0 Å². The summed E-state index contributed by atoms with van der Waals surface area (Å²) in [5.41, 5.74) is 0.650. The molecule has 0 spiro atoms. The van der Waals surface area contributed by atoms with E-state index in [1.807, 2.05) is 18.2 Å². The molecule has 0 aromatic heterocycles. The molecule has 0 saturated carbocycles. The molecule has 0 aliphatic heterocycles. The van der Waals surface area contributed by atoms with E-state index in [1.54, 1.807) is 12.1 Å². The molecule has 2 nitrogen and oxygen atoms in total. The van der Waals surface area contributed by atoms with Crippen LogP contribution in [0.4, 0.5) is 0 Å². The minimum atomic E-state index is -0.223. The zero-order valence-corrected chi connectivity index (χ0v) is 11.2. The van der Waals surface area contributed by atoms with Crippen LogP contribution in [0, 0.1) is 5.41 Å². The largest absolute Gasteiger partial charge is 0.458 e. The Kier molecular flexibility index (Phi) is 4.73. The molecule has 94 valence electrons. The Morgan fingerprint density at radius 2 is 1.82 bits per heavy atom. The molecule has 0 aliphatic carbocycles. The maximum Gasteiger partial charge on any atom is 0.338 e. The lowest BCUT2D eigenvalue weighted by Crippen LogP contribution is -2.33. The van der Waals surface area contributed by atoms with Crippen molar-refractivity contribution >= 4 is 5.97 Å². The molecular weight excluding hydrogens is 212 g/mol. The highest BCUT2D eigenvalue weighted by molar-refractivity contribution is 5.89. The highest BCUT2D eigenvalue weighted by atomic mass is 16.5. The maximum atomic E-state index is 12.0. The van der Waals surface area contributed by atoms with Gasteiger partial charge in [0.1, 0.15) is 6.10 Å². The summed E-state index contributed by atoms with van der Waals surface area (Å²) in [6, 6.07) is 9.16. The SMILES string of the molecule is CCC(OC(=O)c1ccccc1)C(C)(C)CC. The second kappa shape index (κ2) is 5.85. The maximum absolute atomic E-state index is 12.0. The van der Waals surface area contributed by atoms with Gasteiger partial charge in [-0.15, -0.1) is 0 Å². The standard InChI is InChI=1S/C15H22O2/c1-5-13(15(3,4)6-2)17-14(16)12-10-8-7-9-11-12/h7-11,13H,5-6H2,1-4H3. The molecule has 17 heavy (non-hydrogen) atoms. The van der Waals surface area contributed by atoms with Crippen molar-refractivity contribution < 1.29 is 9.53 Å². The monoisotopic (exact) mass is 234 g/mol. The number of carbonyl (C=O) groups is 1. The summed E-state index contributed by atoms with van der Waals surface area (Å²) in [5.74, 6) is -0.223. The molecule has 0 radical (unpaired) electrons. The van der Waals surface area contributed by atoms with Crippen LogP contribution in [0.25, 0.3) is 0 Å². The van der Waals surface area contributed by atoms with Gasteiger partial charge in [-0.2, -0.15) is 0 Å². The van der Waals surface area contributed by atoms with Crippen LogP contribution >= 0.6 is 0 Å². The van der Waals surface area contributed by atoms with Crippen molar-refractivity contribution in [3.8, 4) is 0 Å². The molecular formula is C15H22O2. The predicted molar refractivity (Wildman–Crippen MR) is 70.0 cm³/mol. The van der Waals surface area contributed by atoms with Gasteiger partial charge in [0.15, 0.2) is 0 Å². The number of benzene rings is 1. The fourth-order valence-corrected chi connectivity index (χ4v) is 1.79. The van der Waals surface area contributed by atoms with E-state index in [-0.39, 0.29) is 17.5 Å². The summed E-state index contributed by atoms with van der Waals surface area (Å²) < 4.78 is 5.60. The Morgan fingerprint density at radius 3 is 2.29 bits per heavy atom. The van der Waals surface area contributed by atoms with Crippen LogP contribution < -0.4 is 0 Å². The van der Waals surface area contributed by atoms with Gasteiger partial charge in [-0.3, -0.25) is 0 Å². The van der Waals surface area contributed by atoms with E-state index in [0.29, 0.717) is 5.56 Å². The van der Waals surface area contributed by atoms with Crippen LogP contribution in [0.15, 0.2) is 30.3 Å². The normalized spacial score (nSPS) is 13.2. The van der Waals surface area contributed by atoms with E-state index in [1.165, 1.54) is 0 Å². The zero-order chi connectivity index (χ0) is 12.9. The summed E-state index contributed by atoms with van der Waals surface area (Å²) in [4.78, 5) is 12.0. The third-order valence-corrected chi connectivity index (χ3v) is 3.41. The summed E-state index contributed by atoms with van der Waals surface area (Å²) in [5, 5.41) is 0. The van der Waals surface area contributed by atoms with Crippen LogP contribution in [-0.2, 0) is 4.74 Å². The number of hydrogen-bond acceptors (Lipinski definition) is 2. The molecule has 0 bridgehead atoms. The molecule has 1 atom stereocenters. The summed E-state index contributed by atoms with van der Waals surface area (Å²) in [6.45, 7) is 8.46. The number of hydrogen-bond donors (Lipinski definition) is 0. The molecule has 2 heteroatoms. The number of ether oxygens (including phenoxy) is 1. The molecule has 0 aliphatic rings. The molecule has 1 rings (SSSR count). The van der Waals surface area contributed by atoms with Gasteiger partial charge < -0.3 is 4.74 Å². The fourth-order valence-electron chi connectivity index (χ4n) is 1.79. The average molecular weight is 234 g/mol. The van der Waals surface area contributed by atoms with Crippen molar-refractivity contribution in [2.75, 3.05) is 0 Å². The molecule has 0 fully saturated rings. The second-order valence-corrected chi connectivity index (χ2v) is 5.01. The van der Waals surface area contributed by atoms with Crippen molar-refractivity contribution in [1.82, 2.24) is 0 Å². The molecule has 0 N–H and O–H groups in total. The van der Waals surface area contributed by atoms with Gasteiger partial charge in [0.05, 0.1) is 5.56 Å². The first kappa shape index (κ1) is 13.8. The molecule has 1 aromatic rings. The highest BCUT2D eigenvalue weighted by Gasteiger charge is 2.29. The van der Waals surface area contributed by atoms with Gasteiger partial charge in [-0.1, -0.05) is 45.9 Å². The smallest absolute Gasteiger partial charge is 0.338 e. The summed E-state index contributed by atoms with van der Waals surface area (Å²) in [7, 11) is 0. The molecule has 1 unspecified atom stereocenters. The molecule has 1 aromatic carbocycles. The minimum Gasteiger partial charge on any atom is -0.458 e. The van der Waals surface area contributed by atoms with Crippen molar-refractivity contribution in [3.05, 3.63) is 35.9 Å². The van der Waals surface area contributed by atoms with E-state index in [4.69, 9.17) is 4.74 Å². The van der Waals surface area contributed by atoms with Crippen LogP contribution in [0.3, 0.4) is 0 Å². The number of rotatable bonds is 5. The zero-order valence-electron chi connectivity index (χ0n) is 11.2. The molecule has 0 heterocycles. The van der Waals surface area contributed by atoms with Gasteiger partial charge in [-0.25, -0.2) is 4.79 Å². The predicted octanol–water partition coefficient (Wildman–Crippen LogP) is 4.06. The second-order valence-electron chi connectivity index (χ2n) is 5.01. The quantitative estimate of drug-likeness (QED) is 0.718. The average Bonchev–Trinajstić information content (AvgIpc) is 2.36. The number of esters is 1. The Bertz CT molecular complexity index is 354. The first-order valence-corrected chi connectivity index (χ1v) is 6.27. The van der Waals surface area contributed by atoms with Crippen LogP contribution in [0.1, 0.15) is 50.9 Å². The third-order valence-electron chi connectivity index (χ3n) is 3.41. The van der Waals surface area contributed by atoms with E-state index < -0.39 is 0 Å². The lowest BCUT2D eigenvalue weighted by molar-refractivity contribution is -0.0105. The van der Waals surface area contributed by atoms with Gasteiger partial charge >= 0.3 is 5.97 Å². The lowest BCUT2D eigenvalue weighted by atomic mass is 9.82. The van der Waals surface area contributed by atoms with Crippen LogP contribution in [-0.4, -0.2) is 12.1 Å². The van der Waals surface area contributed by atoms with Crippen LogP contribution in [0.5, 0.6) is 0 Å². The van der Waals surface area contributed by atoms with Gasteiger partial charge in [-0.05, 0) is 25.0 Å². The van der Waals surface area contributed by atoms with E-state index in [9.17, 15) is 4.79 Å². The van der Waals surface area contributed by atoms with Crippen molar-refractivity contribution in [3.63, 3.8) is 0 Å². The fraction of sp³-hybridized carbons (Fsp3) is 0.533. The molecule has 0 amide bonds. The number of carbonyl (C=O) groups excluding carboxylic acids is 1. The van der Waals surface area contributed by atoms with Gasteiger partial charge in [0, 0.05) is 5.41 Å². The molecule has 0 saturated heterocycles. The Balaban J connectivity index is 2.73. The topological polar surface area (TPSA) is 26.3 Å². The van der Waals surface area contributed by atoms with E-state index >= 15 is 0 Å². The van der Waals surface area contributed by atoms with Crippen molar-refractivity contribution in [2.24, 2.45) is 5.41 Å². The van der Waals surface area contributed by atoms with E-state index in [2.05, 4.69) is 27.7 Å². The first-order chi connectivity index (χ1) is 8.01. The van der Waals surface area contributed by atoms with Gasteiger partial charge in [0.2, 0.25) is 0 Å².